The van der Waals surface area contributed by atoms with Crippen molar-refractivity contribution in [2.75, 3.05) is 20.6 Å². The Hall–Kier alpha value is -0.0400. The van der Waals surface area contributed by atoms with Crippen LogP contribution in [0.5, 0.6) is 0 Å². The zero-order chi connectivity index (χ0) is 15.5. The Morgan fingerprint density at radius 1 is 0.500 bits per heavy atom. The van der Waals surface area contributed by atoms with Crippen molar-refractivity contribution in [1.29, 1.82) is 0 Å². The molecule has 0 aromatic carbocycles. The van der Waals surface area contributed by atoms with E-state index in [0.717, 1.165) is 0 Å². The van der Waals surface area contributed by atoms with E-state index < -0.39 is 0 Å². The summed E-state index contributed by atoms with van der Waals surface area (Å²) >= 11 is 0. The van der Waals surface area contributed by atoms with Gasteiger partial charge in [-0.25, -0.2) is 0 Å². The van der Waals surface area contributed by atoms with Crippen LogP contribution in [0.2, 0.25) is 0 Å². The van der Waals surface area contributed by atoms with Crippen molar-refractivity contribution in [3.05, 3.63) is 0 Å². The molecule has 0 amide bonds. The van der Waals surface area contributed by atoms with E-state index in [1.54, 1.807) is 0 Å². The normalized spacial score (nSPS) is 10.5. The summed E-state index contributed by atoms with van der Waals surface area (Å²) in [7, 11) is 4.33. The first-order chi connectivity index (χ1) is 9.68. The van der Waals surface area contributed by atoms with Crippen LogP contribution in [0, 0.1) is 0 Å². The van der Waals surface area contributed by atoms with Crippen LogP contribution >= 0.6 is 0 Å². The van der Waals surface area contributed by atoms with Gasteiger partial charge in [-0.3, -0.25) is 0 Å². The van der Waals surface area contributed by atoms with E-state index in [1.807, 2.05) is 0 Å². The van der Waals surface area contributed by atoms with Crippen molar-refractivity contribution in [3.63, 3.8) is 0 Å². The minimum Gasteiger partial charge on any atom is -0.309 e. The first-order valence-electron chi connectivity index (χ1n) is 9.33. The summed E-state index contributed by atoms with van der Waals surface area (Å²) < 4.78 is 0. The SMILES string of the molecule is CCC.CCCCCCCCCCCCCCN(C)C. The topological polar surface area (TPSA) is 3.24 Å². The smallest absolute Gasteiger partial charge is 0.00248 e. The third kappa shape index (κ3) is 26.5. The lowest BCUT2D eigenvalue weighted by atomic mass is 10.1. The molecule has 0 heterocycles. The number of rotatable bonds is 13. The van der Waals surface area contributed by atoms with Crippen molar-refractivity contribution in [3.8, 4) is 0 Å². The molecule has 0 atom stereocenters. The maximum absolute atomic E-state index is 2.29. The second-order valence-electron chi connectivity index (χ2n) is 6.40. The van der Waals surface area contributed by atoms with E-state index in [-0.39, 0.29) is 0 Å². The van der Waals surface area contributed by atoms with Gasteiger partial charge in [-0.2, -0.15) is 0 Å². The number of unbranched alkanes of at least 4 members (excludes halogenated alkanes) is 11. The Labute approximate surface area is 130 Å². The molecule has 0 spiro atoms. The van der Waals surface area contributed by atoms with Crippen LogP contribution in [0.4, 0.5) is 0 Å². The summed E-state index contributed by atoms with van der Waals surface area (Å²) in [6.07, 6.45) is 18.6. The molecule has 0 N–H and O–H groups in total. The van der Waals surface area contributed by atoms with Crippen LogP contribution in [0.3, 0.4) is 0 Å². The fraction of sp³-hybridized carbons (Fsp3) is 1.00. The second-order valence-corrected chi connectivity index (χ2v) is 6.40. The molecule has 0 aliphatic carbocycles. The van der Waals surface area contributed by atoms with Crippen molar-refractivity contribution < 1.29 is 0 Å². The first-order valence-corrected chi connectivity index (χ1v) is 9.33. The second kappa shape index (κ2) is 21.3. The highest BCUT2D eigenvalue weighted by Crippen LogP contribution is 2.11. The summed E-state index contributed by atoms with van der Waals surface area (Å²) in [5.74, 6) is 0. The predicted molar refractivity (Wildman–Crippen MR) is 95.6 cm³/mol. The van der Waals surface area contributed by atoms with Gasteiger partial charge in [-0.1, -0.05) is 97.8 Å². The van der Waals surface area contributed by atoms with E-state index in [0.29, 0.717) is 0 Å². The largest absolute Gasteiger partial charge is 0.309 e. The van der Waals surface area contributed by atoms with Crippen molar-refractivity contribution in [1.82, 2.24) is 4.90 Å². The first kappa shape index (κ1) is 22.2. The molecule has 0 saturated carbocycles. The lowest BCUT2D eigenvalue weighted by Crippen LogP contribution is -2.12. The van der Waals surface area contributed by atoms with Crippen molar-refractivity contribution in [2.24, 2.45) is 0 Å². The standard InChI is InChI=1S/C16H35N.C3H8/c1-4-5-6-7-8-9-10-11-12-13-14-15-16-17(2)3;1-3-2/h4-16H2,1-3H3;3H2,1-2H3. The molecule has 0 radical (unpaired) electrons. The van der Waals surface area contributed by atoms with Crippen LogP contribution in [0.25, 0.3) is 0 Å². The van der Waals surface area contributed by atoms with Gasteiger partial charge in [0, 0.05) is 0 Å². The van der Waals surface area contributed by atoms with E-state index in [4.69, 9.17) is 0 Å². The highest BCUT2D eigenvalue weighted by Gasteiger charge is 1.94. The monoisotopic (exact) mass is 285 g/mol. The van der Waals surface area contributed by atoms with Gasteiger partial charge >= 0.3 is 0 Å². The van der Waals surface area contributed by atoms with Crippen molar-refractivity contribution >= 4 is 0 Å². The molecule has 1 nitrogen and oxygen atoms in total. The summed E-state index contributed by atoms with van der Waals surface area (Å²) in [6.45, 7) is 7.80. The van der Waals surface area contributed by atoms with Gasteiger partial charge in [0.2, 0.25) is 0 Å². The van der Waals surface area contributed by atoms with E-state index in [2.05, 4.69) is 39.8 Å². The van der Waals surface area contributed by atoms with Gasteiger partial charge in [0.05, 0.1) is 0 Å². The third-order valence-electron chi connectivity index (χ3n) is 3.46. The molecule has 0 rings (SSSR count). The number of nitrogens with zero attached hydrogens (tertiary/aromatic N) is 1. The average molecular weight is 286 g/mol. The highest BCUT2D eigenvalue weighted by atomic mass is 15.0. The van der Waals surface area contributed by atoms with Crippen LogP contribution in [-0.2, 0) is 0 Å². The Morgan fingerprint density at radius 3 is 1.10 bits per heavy atom. The van der Waals surface area contributed by atoms with E-state index >= 15 is 0 Å². The Morgan fingerprint density at radius 2 is 0.800 bits per heavy atom. The molecule has 0 aliphatic heterocycles. The van der Waals surface area contributed by atoms with Crippen LogP contribution in [-0.4, -0.2) is 25.5 Å². The molecule has 20 heavy (non-hydrogen) atoms. The Bertz CT molecular complexity index is 143. The minimum atomic E-state index is 1.25. The molecule has 124 valence electrons. The maximum atomic E-state index is 2.29. The van der Waals surface area contributed by atoms with Gasteiger partial charge in [0.1, 0.15) is 0 Å². The van der Waals surface area contributed by atoms with Gasteiger partial charge in [-0.15, -0.1) is 0 Å². The molecule has 0 aliphatic rings. The van der Waals surface area contributed by atoms with Crippen molar-refractivity contribution in [2.45, 2.75) is 104 Å². The maximum Gasteiger partial charge on any atom is -0.00248 e. The van der Waals surface area contributed by atoms with Gasteiger partial charge in [-0.05, 0) is 27.1 Å². The quantitative estimate of drug-likeness (QED) is 0.342. The van der Waals surface area contributed by atoms with Gasteiger partial charge in [0.25, 0.3) is 0 Å². The number of hydrogen-bond donors (Lipinski definition) is 0. The lowest BCUT2D eigenvalue weighted by molar-refractivity contribution is 0.389. The molecule has 0 unspecified atom stereocenters. The fourth-order valence-corrected chi connectivity index (χ4v) is 2.27. The molecule has 0 saturated heterocycles. The fourth-order valence-electron chi connectivity index (χ4n) is 2.27. The van der Waals surface area contributed by atoms with Crippen LogP contribution < -0.4 is 0 Å². The summed E-state index contributed by atoms with van der Waals surface area (Å²) in [5, 5.41) is 0. The van der Waals surface area contributed by atoms with Crippen LogP contribution in [0.15, 0.2) is 0 Å². The summed E-state index contributed by atoms with van der Waals surface area (Å²) in [6, 6.07) is 0. The molecule has 0 bridgehead atoms. The van der Waals surface area contributed by atoms with Gasteiger partial charge < -0.3 is 4.90 Å². The highest BCUT2D eigenvalue weighted by molar-refractivity contribution is 4.49. The Kier molecular flexibility index (Phi) is 23.6. The van der Waals surface area contributed by atoms with E-state index in [9.17, 15) is 0 Å². The summed E-state index contributed by atoms with van der Waals surface area (Å²) in [4.78, 5) is 2.29. The average Bonchev–Trinajstić information content (AvgIpc) is 2.40. The number of hydrogen-bond acceptors (Lipinski definition) is 1. The molecular formula is C19H43N. The van der Waals surface area contributed by atoms with E-state index in [1.165, 1.54) is 90.0 Å². The molecule has 0 aromatic rings. The van der Waals surface area contributed by atoms with Gasteiger partial charge in [0.15, 0.2) is 0 Å². The lowest BCUT2D eigenvalue weighted by Gasteiger charge is -2.08. The Balaban J connectivity index is 0. The third-order valence-corrected chi connectivity index (χ3v) is 3.46. The minimum absolute atomic E-state index is 1.25. The zero-order valence-electron chi connectivity index (χ0n) is 15.3. The molecule has 0 fully saturated rings. The predicted octanol–water partition coefficient (Wildman–Crippen LogP) is 6.67. The zero-order valence-corrected chi connectivity index (χ0v) is 15.3. The molecular weight excluding hydrogens is 242 g/mol. The molecule has 1 heteroatoms. The van der Waals surface area contributed by atoms with Crippen LogP contribution in [0.1, 0.15) is 104 Å². The molecule has 0 aromatic heterocycles. The summed E-state index contributed by atoms with van der Waals surface area (Å²) in [5.41, 5.74) is 0.